The maximum atomic E-state index is 13.6. The number of hydrogen-bond acceptors (Lipinski definition) is 7. The zero-order chi connectivity index (χ0) is 22.8. The van der Waals surface area contributed by atoms with Crippen LogP contribution in [-0.2, 0) is 4.74 Å². The fourth-order valence-electron chi connectivity index (χ4n) is 4.16. The maximum absolute atomic E-state index is 13.6. The zero-order valence-electron chi connectivity index (χ0n) is 18.9. The van der Waals surface area contributed by atoms with Crippen molar-refractivity contribution in [3.63, 3.8) is 0 Å². The molecule has 1 saturated heterocycles. The van der Waals surface area contributed by atoms with Gasteiger partial charge in [0.2, 0.25) is 0 Å². The molecular weight excluding hydrogens is 438 g/mol. The molecule has 3 heterocycles. The number of ether oxygens (including phenoxy) is 2. The van der Waals surface area contributed by atoms with Crippen molar-refractivity contribution in [3.8, 4) is 5.75 Å². The number of furan rings is 1. The standard InChI is InChI=1S/C25H27N3O4S/c1-17-8-9-20(30-2)22-23(17)33-25(26-22)28(11-5-10-27-12-14-31-15-13-27)24(29)21-16-18-6-3-4-7-19(18)32-21/h3-4,6-9,16H,5,10-15H2,1-2H3. The van der Waals surface area contributed by atoms with Gasteiger partial charge in [-0.15, -0.1) is 0 Å². The van der Waals surface area contributed by atoms with Crippen LogP contribution in [0.4, 0.5) is 5.13 Å². The van der Waals surface area contributed by atoms with Crippen LogP contribution in [0.1, 0.15) is 22.5 Å². The van der Waals surface area contributed by atoms with E-state index in [-0.39, 0.29) is 5.91 Å². The average molecular weight is 466 g/mol. The number of fused-ring (bicyclic) bond motifs is 2. The minimum Gasteiger partial charge on any atom is -0.494 e. The molecule has 1 fully saturated rings. The first-order valence-corrected chi connectivity index (χ1v) is 12.0. The van der Waals surface area contributed by atoms with Crippen LogP contribution in [0.3, 0.4) is 0 Å². The van der Waals surface area contributed by atoms with E-state index in [4.69, 9.17) is 18.9 Å². The van der Waals surface area contributed by atoms with Crippen LogP contribution in [0.15, 0.2) is 46.9 Å². The van der Waals surface area contributed by atoms with Crippen molar-refractivity contribution in [1.29, 1.82) is 0 Å². The number of methoxy groups -OCH3 is 1. The Hall–Kier alpha value is -2.94. The number of benzene rings is 2. The lowest BCUT2D eigenvalue weighted by Gasteiger charge is -2.27. The van der Waals surface area contributed by atoms with Crippen molar-refractivity contribution in [2.75, 3.05) is 51.4 Å². The fraction of sp³-hybridized carbons (Fsp3) is 0.360. The molecule has 4 aromatic rings. The Bertz CT molecular complexity index is 1240. The number of anilines is 1. The largest absolute Gasteiger partial charge is 0.494 e. The number of carbonyl (C=O) groups excluding carboxylic acids is 1. The molecule has 0 bridgehead atoms. The first-order valence-electron chi connectivity index (χ1n) is 11.2. The Balaban J connectivity index is 1.47. The highest BCUT2D eigenvalue weighted by atomic mass is 32.1. The summed E-state index contributed by atoms with van der Waals surface area (Å²) in [5, 5.41) is 1.57. The van der Waals surface area contributed by atoms with Crippen molar-refractivity contribution in [3.05, 3.63) is 53.8 Å². The van der Waals surface area contributed by atoms with Crippen LogP contribution in [0, 0.1) is 6.92 Å². The highest BCUT2D eigenvalue weighted by molar-refractivity contribution is 7.22. The molecule has 8 heteroatoms. The smallest absolute Gasteiger partial charge is 0.295 e. The molecule has 172 valence electrons. The molecule has 1 aliphatic rings. The lowest BCUT2D eigenvalue weighted by molar-refractivity contribution is 0.0376. The number of thiazole rings is 1. The summed E-state index contributed by atoms with van der Waals surface area (Å²) >= 11 is 1.52. The van der Waals surface area contributed by atoms with Gasteiger partial charge < -0.3 is 13.9 Å². The first-order chi connectivity index (χ1) is 16.1. The summed E-state index contributed by atoms with van der Waals surface area (Å²) in [6, 6.07) is 13.4. The molecule has 33 heavy (non-hydrogen) atoms. The summed E-state index contributed by atoms with van der Waals surface area (Å²) in [6.07, 6.45) is 0.831. The van der Waals surface area contributed by atoms with Gasteiger partial charge in [-0.1, -0.05) is 35.6 Å². The van der Waals surface area contributed by atoms with Crippen molar-refractivity contribution in [1.82, 2.24) is 9.88 Å². The van der Waals surface area contributed by atoms with Gasteiger partial charge in [0.05, 0.1) is 25.0 Å². The van der Waals surface area contributed by atoms with Crippen LogP contribution < -0.4 is 9.64 Å². The second-order valence-corrected chi connectivity index (χ2v) is 9.15. The summed E-state index contributed by atoms with van der Waals surface area (Å²) in [5.41, 5.74) is 2.60. The molecular formula is C25H27N3O4S. The Morgan fingerprint density at radius 3 is 2.82 bits per heavy atom. The van der Waals surface area contributed by atoms with Crippen molar-refractivity contribution >= 4 is 43.6 Å². The number of carbonyl (C=O) groups is 1. The van der Waals surface area contributed by atoms with Crippen LogP contribution in [0.25, 0.3) is 21.2 Å². The Kier molecular flexibility index (Phi) is 6.30. The molecule has 0 saturated carbocycles. The number of hydrogen-bond donors (Lipinski definition) is 0. The summed E-state index contributed by atoms with van der Waals surface area (Å²) in [7, 11) is 1.64. The lowest BCUT2D eigenvalue weighted by atomic mass is 10.2. The molecule has 0 atom stereocenters. The van der Waals surface area contributed by atoms with Crippen LogP contribution in [0.2, 0.25) is 0 Å². The molecule has 1 aliphatic heterocycles. The highest BCUT2D eigenvalue weighted by Crippen LogP contribution is 2.37. The molecule has 5 rings (SSSR count). The molecule has 0 spiro atoms. The number of nitrogens with zero attached hydrogens (tertiary/aromatic N) is 3. The van der Waals surface area contributed by atoms with Gasteiger partial charge in [0.15, 0.2) is 10.9 Å². The fourth-order valence-corrected chi connectivity index (χ4v) is 5.24. The number of para-hydroxylation sites is 1. The SMILES string of the molecule is COc1ccc(C)c2sc(N(CCCN3CCOCC3)C(=O)c3cc4ccccc4o3)nc12. The minimum atomic E-state index is -0.177. The van der Waals surface area contributed by atoms with Gasteiger partial charge in [0, 0.05) is 31.6 Å². The lowest BCUT2D eigenvalue weighted by Crippen LogP contribution is -2.39. The summed E-state index contributed by atoms with van der Waals surface area (Å²) in [5.74, 6) is 0.858. The van der Waals surface area contributed by atoms with E-state index in [1.807, 2.05) is 49.4 Å². The van der Waals surface area contributed by atoms with E-state index >= 15 is 0 Å². The van der Waals surface area contributed by atoms with E-state index in [1.54, 1.807) is 12.0 Å². The molecule has 1 amide bonds. The second-order valence-electron chi connectivity index (χ2n) is 8.17. The number of aromatic nitrogens is 1. The van der Waals surface area contributed by atoms with E-state index in [2.05, 4.69) is 4.90 Å². The van der Waals surface area contributed by atoms with Gasteiger partial charge in [-0.3, -0.25) is 14.6 Å². The third-order valence-electron chi connectivity index (χ3n) is 5.98. The minimum absolute atomic E-state index is 0.177. The Morgan fingerprint density at radius 2 is 2.03 bits per heavy atom. The number of amides is 1. The van der Waals surface area contributed by atoms with E-state index in [0.29, 0.717) is 28.8 Å². The quantitative estimate of drug-likeness (QED) is 0.393. The first kappa shape index (κ1) is 21.9. The molecule has 2 aromatic heterocycles. The summed E-state index contributed by atoms with van der Waals surface area (Å²) in [6.45, 7) is 6.88. The third kappa shape index (κ3) is 4.46. The van der Waals surface area contributed by atoms with E-state index < -0.39 is 0 Å². The average Bonchev–Trinajstić information content (AvgIpc) is 3.48. The third-order valence-corrected chi connectivity index (χ3v) is 7.20. The van der Waals surface area contributed by atoms with Crippen molar-refractivity contribution in [2.45, 2.75) is 13.3 Å². The second kappa shape index (κ2) is 9.51. The molecule has 0 aliphatic carbocycles. The van der Waals surface area contributed by atoms with Gasteiger partial charge in [-0.05, 0) is 37.1 Å². The van der Waals surface area contributed by atoms with Crippen molar-refractivity contribution in [2.24, 2.45) is 0 Å². The van der Waals surface area contributed by atoms with Crippen LogP contribution >= 0.6 is 11.3 Å². The Labute approximate surface area is 196 Å². The van der Waals surface area contributed by atoms with Crippen LogP contribution in [0.5, 0.6) is 5.75 Å². The molecule has 7 nitrogen and oxygen atoms in total. The predicted molar refractivity (Wildman–Crippen MR) is 131 cm³/mol. The monoisotopic (exact) mass is 465 g/mol. The number of aryl methyl sites for hydroxylation is 1. The maximum Gasteiger partial charge on any atom is 0.295 e. The molecule has 0 radical (unpaired) electrons. The van der Waals surface area contributed by atoms with Gasteiger partial charge in [0.1, 0.15) is 16.8 Å². The van der Waals surface area contributed by atoms with E-state index in [9.17, 15) is 4.79 Å². The van der Waals surface area contributed by atoms with Gasteiger partial charge in [-0.25, -0.2) is 4.98 Å². The van der Waals surface area contributed by atoms with Gasteiger partial charge >= 0.3 is 0 Å². The molecule has 2 aromatic carbocycles. The molecule has 0 unspecified atom stereocenters. The zero-order valence-corrected chi connectivity index (χ0v) is 19.7. The molecule has 0 N–H and O–H groups in total. The van der Waals surface area contributed by atoms with Gasteiger partial charge in [0.25, 0.3) is 5.91 Å². The summed E-state index contributed by atoms with van der Waals surface area (Å²) in [4.78, 5) is 22.6. The predicted octanol–water partition coefficient (Wildman–Crippen LogP) is 4.73. The van der Waals surface area contributed by atoms with Crippen molar-refractivity contribution < 1.29 is 18.7 Å². The number of rotatable bonds is 7. The van der Waals surface area contributed by atoms with Gasteiger partial charge in [-0.2, -0.15) is 0 Å². The Morgan fingerprint density at radius 1 is 1.21 bits per heavy atom. The number of morpholine rings is 1. The van der Waals surface area contributed by atoms with E-state index in [1.165, 1.54) is 11.3 Å². The van der Waals surface area contributed by atoms with Crippen LogP contribution in [-0.4, -0.2) is 62.3 Å². The topological polar surface area (TPSA) is 68.0 Å². The highest BCUT2D eigenvalue weighted by Gasteiger charge is 2.25. The normalized spacial score (nSPS) is 14.7. The summed E-state index contributed by atoms with van der Waals surface area (Å²) < 4.78 is 17.9. The van der Waals surface area contributed by atoms with E-state index in [0.717, 1.165) is 60.4 Å².